The number of amides is 1. The molecule has 2 N–H and O–H groups in total. The molecule has 28 heavy (non-hydrogen) atoms. The van der Waals surface area contributed by atoms with Gasteiger partial charge in [-0.25, -0.2) is 4.39 Å². The molecule has 0 aromatic heterocycles. The van der Waals surface area contributed by atoms with Gasteiger partial charge in [-0.2, -0.15) is 0 Å². The quantitative estimate of drug-likeness (QED) is 0.796. The van der Waals surface area contributed by atoms with Gasteiger partial charge in [-0.15, -0.1) is 12.4 Å². The van der Waals surface area contributed by atoms with Crippen LogP contribution in [0.3, 0.4) is 0 Å². The second-order valence-electron chi connectivity index (χ2n) is 7.46. The largest absolute Gasteiger partial charge is 0.497 e. The summed E-state index contributed by atoms with van der Waals surface area (Å²) in [6.07, 6.45) is 4.20. The Balaban J connectivity index is 0.00000225. The van der Waals surface area contributed by atoms with Crippen LogP contribution in [0.2, 0.25) is 0 Å². The summed E-state index contributed by atoms with van der Waals surface area (Å²) in [5.74, 6) is 0.366. The molecule has 2 aromatic rings. The molecule has 1 amide bonds. The number of anilines is 1. The summed E-state index contributed by atoms with van der Waals surface area (Å²) in [6.45, 7) is 1.44. The molecular formula is C22H26ClFN2O2. The van der Waals surface area contributed by atoms with Gasteiger partial charge in [0.1, 0.15) is 11.6 Å². The molecule has 1 aliphatic carbocycles. The van der Waals surface area contributed by atoms with Crippen molar-refractivity contribution in [2.24, 2.45) is 0 Å². The highest BCUT2D eigenvalue weighted by molar-refractivity contribution is 5.99. The summed E-state index contributed by atoms with van der Waals surface area (Å²) < 4.78 is 20.2. The Kier molecular flexibility index (Phi) is 6.26. The van der Waals surface area contributed by atoms with E-state index in [4.69, 9.17) is 4.74 Å². The molecule has 0 spiro atoms. The minimum Gasteiger partial charge on any atom is -0.497 e. The molecule has 0 atom stereocenters. The van der Waals surface area contributed by atoms with Crippen molar-refractivity contribution in [3.8, 4) is 5.75 Å². The van der Waals surface area contributed by atoms with E-state index in [-0.39, 0.29) is 24.1 Å². The summed E-state index contributed by atoms with van der Waals surface area (Å²) >= 11 is 0. The molecule has 6 heteroatoms. The lowest BCUT2D eigenvalue weighted by Gasteiger charge is -2.29. The highest BCUT2D eigenvalue weighted by atomic mass is 35.5. The zero-order valence-electron chi connectivity index (χ0n) is 16.0. The number of carbonyl (C=O) groups excluding carboxylic acids is 1. The van der Waals surface area contributed by atoms with Crippen molar-refractivity contribution in [1.82, 2.24) is 5.32 Å². The summed E-state index contributed by atoms with van der Waals surface area (Å²) in [6, 6.07) is 11.3. The number of nitrogens with one attached hydrogen (secondary N) is 2. The second-order valence-corrected chi connectivity index (χ2v) is 7.46. The van der Waals surface area contributed by atoms with Crippen LogP contribution in [-0.2, 0) is 23.2 Å². The van der Waals surface area contributed by atoms with E-state index in [1.54, 1.807) is 13.2 Å². The van der Waals surface area contributed by atoms with Gasteiger partial charge in [0.25, 0.3) is 0 Å². The van der Waals surface area contributed by atoms with Crippen molar-refractivity contribution in [2.75, 3.05) is 19.0 Å². The van der Waals surface area contributed by atoms with Crippen LogP contribution >= 0.6 is 12.4 Å². The normalized spacial score (nSPS) is 17.4. The molecule has 0 radical (unpaired) electrons. The number of hydrogen-bond donors (Lipinski definition) is 2. The fourth-order valence-electron chi connectivity index (χ4n) is 4.41. The molecule has 1 heterocycles. The molecule has 2 aliphatic rings. The minimum absolute atomic E-state index is 0. The van der Waals surface area contributed by atoms with Crippen LogP contribution in [-0.4, -0.2) is 19.6 Å². The van der Waals surface area contributed by atoms with Gasteiger partial charge in [0, 0.05) is 6.54 Å². The highest BCUT2D eigenvalue weighted by Gasteiger charge is 2.43. The van der Waals surface area contributed by atoms with Gasteiger partial charge in [0.2, 0.25) is 5.91 Å². The molecule has 1 saturated carbocycles. The summed E-state index contributed by atoms with van der Waals surface area (Å²) in [5, 5.41) is 6.15. The van der Waals surface area contributed by atoms with E-state index in [0.29, 0.717) is 18.7 Å². The summed E-state index contributed by atoms with van der Waals surface area (Å²) in [5.41, 5.74) is 2.36. The van der Waals surface area contributed by atoms with Gasteiger partial charge < -0.3 is 15.4 Å². The van der Waals surface area contributed by atoms with E-state index >= 15 is 0 Å². The lowest BCUT2D eigenvalue weighted by Crippen LogP contribution is -2.38. The maximum Gasteiger partial charge on any atom is 0.235 e. The lowest BCUT2D eigenvalue weighted by atomic mass is 9.78. The SMILES string of the molecule is COc1ccc(C2(C(=O)Nc3ccc4c(c3F)CCNC4)CCCC2)cc1.Cl. The van der Waals surface area contributed by atoms with Gasteiger partial charge in [-0.05, 0) is 60.7 Å². The van der Waals surface area contributed by atoms with Crippen LogP contribution in [0.15, 0.2) is 36.4 Å². The number of carbonyl (C=O) groups is 1. The molecule has 1 aliphatic heterocycles. The van der Waals surface area contributed by atoms with Gasteiger partial charge in [0.05, 0.1) is 18.2 Å². The molecule has 150 valence electrons. The fourth-order valence-corrected chi connectivity index (χ4v) is 4.41. The van der Waals surface area contributed by atoms with E-state index in [1.165, 1.54) is 0 Å². The summed E-state index contributed by atoms with van der Waals surface area (Å²) in [7, 11) is 1.63. The molecule has 4 nitrogen and oxygen atoms in total. The van der Waals surface area contributed by atoms with E-state index < -0.39 is 5.41 Å². The van der Waals surface area contributed by atoms with Crippen LogP contribution in [0.4, 0.5) is 10.1 Å². The van der Waals surface area contributed by atoms with Crippen molar-refractivity contribution < 1.29 is 13.9 Å². The standard InChI is InChI=1S/C22H25FN2O2.ClH/c1-27-17-7-5-16(6-8-17)22(11-2-3-12-22)21(26)25-19-9-4-15-14-24-13-10-18(15)20(19)23;/h4-9,24H,2-3,10-14H2,1H3,(H,25,26);1H. The van der Waals surface area contributed by atoms with E-state index in [9.17, 15) is 9.18 Å². The third kappa shape index (κ3) is 3.61. The first kappa shape index (κ1) is 20.6. The van der Waals surface area contributed by atoms with Crippen molar-refractivity contribution in [3.05, 3.63) is 58.9 Å². The monoisotopic (exact) mass is 404 g/mol. The number of hydrogen-bond acceptors (Lipinski definition) is 3. The molecule has 0 bridgehead atoms. The smallest absolute Gasteiger partial charge is 0.235 e. The van der Waals surface area contributed by atoms with E-state index in [1.807, 2.05) is 30.3 Å². The van der Waals surface area contributed by atoms with Gasteiger partial charge in [-0.3, -0.25) is 4.79 Å². The number of ether oxygens (including phenoxy) is 1. The Morgan fingerprint density at radius 2 is 1.86 bits per heavy atom. The maximum absolute atomic E-state index is 15.0. The van der Waals surface area contributed by atoms with Gasteiger partial charge in [0.15, 0.2) is 0 Å². The predicted molar refractivity (Wildman–Crippen MR) is 111 cm³/mol. The minimum atomic E-state index is -0.601. The van der Waals surface area contributed by atoms with Crippen LogP contribution in [0, 0.1) is 5.82 Å². The lowest BCUT2D eigenvalue weighted by molar-refractivity contribution is -0.121. The Morgan fingerprint density at radius 1 is 1.14 bits per heavy atom. The van der Waals surface area contributed by atoms with Crippen LogP contribution in [0.1, 0.15) is 42.4 Å². The third-order valence-electron chi connectivity index (χ3n) is 5.99. The average Bonchev–Trinajstić information content (AvgIpc) is 3.21. The van der Waals surface area contributed by atoms with Crippen molar-refractivity contribution in [3.63, 3.8) is 0 Å². The molecule has 0 saturated heterocycles. The first-order chi connectivity index (χ1) is 13.1. The Bertz CT molecular complexity index is 848. The van der Waals surface area contributed by atoms with Crippen molar-refractivity contribution in [1.29, 1.82) is 0 Å². The topological polar surface area (TPSA) is 50.4 Å². The first-order valence-electron chi connectivity index (χ1n) is 9.61. The van der Waals surface area contributed by atoms with Crippen molar-refractivity contribution >= 4 is 24.0 Å². The number of halogens is 2. The van der Waals surface area contributed by atoms with Crippen LogP contribution < -0.4 is 15.4 Å². The Morgan fingerprint density at radius 3 is 2.54 bits per heavy atom. The summed E-state index contributed by atoms with van der Waals surface area (Å²) in [4.78, 5) is 13.3. The molecule has 0 unspecified atom stereocenters. The number of benzene rings is 2. The first-order valence-corrected chi connectivity index (χ1v) is 9.61. The maximum atomic E-state index is 15.0. The van der Waals surface area contributed by atoms with Crippen LogP contribution in [0.25, 0.3) is 0 Å². The zero-order chi connectivity index (χ0) is 18.9. The number of rotatable bonds is 4. The molecule has 2 aromatic carbocycles. The number of fused-ring (bicyclic) bond motifs is 1. The van der Waals surface area contributed by atoms with Gasteiger partial charge >= 0.3 is 0 Å². The van der Waals surface area contributed by atoms with E-state index in [2.05, 4.69) is 10.6 Å². The second kappa shape index (κ2) is 8.50. The van der Waals surface area contributed by atoms with Gasteiger partial charge in [-0.1, -0.05) is 31.0 Å². The predicted octanol–water partition coefficient (Wildman–Crippen LogP) is 4.35. The highest BCUT2D eigenvalue weighted by Crippen LogP contribution is 2.42. The van der Waals surface area contributed by atoms with Crippen molar-refractivity contribution in [2.45, 2.75) is 44.1 Å². The molecular weight excluding hydrogens is 379 g/mol. The Hall–Kier alpha value is -2.11. The zero-order valence-corrected chi connectivity index (χ0v) is 16.8. The third-order valence-corrected chi connectivity index (χ3v) is 5.99. The molecule has 4 rings (SSSR count). The molecule has 1 fully saturated rings. The van der Waals surface area contributed by atoms with Crippen LogP contribution in [0.5, 0.6) is 5.75 Å². The fraction of sp³-hybridized carbons (Fsp3) is 0.409. The Labute approximate surface area is 171 Å². The average molecular weight is 405 g/mol. The van der Waals surface area contributed by atoms with E-state index in [0.717, 1.165) is 54.7 Å². The number of methoxy groups -OCH3 is 1.